The van der Waals surface area contributed by atoms with Crippen molar-refractivity contribution in [3.05, 3.63) is 40.0 Å². The number of hydrogen-bond acceptors (Lipinski definition) is 3. The van der Waals surface area contributed by atoms with Crippen molar-refractivity contribution in [1.29, 1.82) is 0 Å². The van der Waals surface area contributed by atoms with Gasteiger partial charge in [0.1, 0.15) is 5.82 Å². The second-order valence-corrected chi connectivity index (χ2v) is 3.71. The summed E-state index contributed by atoms with van der Waals surface area (Å²) in [5.74, 6) is -0.898. The molecule has 0 aliphatic heterocycles. The van der Waals surface area contributed by atoms with Crippen LogP contribution in [0.5, 0.6) is 0 Å². The lowest BCUT2D eigenvalue weighted by Gasteiger charge is -2.03. The highest BCUT2D eigenvalue weighted by atomic mass is 32.1. The number of benzene rings is 1. The smallest absolute Gasteiger partial charge is 0.344 e. The van der Waals surface area contributed by atoms with E-state index in [9.17, 15) is 9.18 Å². The lowest BCUT2D eigenvalue weighted by atomic mass is 10.1. The molecule has 16 heavy (non-hydrogen) atoms. The van der Waals surface area contributed by atoms with E-state index in [1.165, 1.54) is 6.08 Å². The zero-order valence-corrected chi connectivity index (χ0v) is 10.1. The normalized spacial score (nSPS) is 11.4. The molecule has 4 heteroatoms. The Balaban J connectivity index is 2.98. The van der Waals surface area contributed by atoms with Crippen molar-refractivity contribution in [2.45, 2.75) is 13.8 Å². The summed E-state index contributed by atoms with van der Waals surface area (Å²) in [6.45, 7) is 3.63. The predicted molar refractivity (Wildman–Crippen MR) is 64.7 cm³/mol. The molecule has 1 aromatic rings. The van der Waals surface area contributed by atoms with Crippen molar-refractivity contribution in [2.75, 3.05) is 6.61 Å². The van der Waals surface area contributed by atoms with Crippen LogP contribution < -0.4 is 0 Å². The third kappa shape index (κ3) is 3.10. The van der Waals surface area contributed by atoms with Crippen molar-refractivity contribution < 1.29 is 13.9 Å². The molecule has 0 heterocycles. The molecule has 2 nitrogen and oxygen atoms in total. The topological polar surface area (TPSA) is 26.3 Å². The number of rotatable bonds is 3. The molecule has 86 valence electrons. The van der Waals surface area contributed by atoms with E-state index < -0.39 is 5.97 Å². The van der Waals surface area contributed by atoms with Crippen LogP contribution in [0.2, 0.25) is 0 Å². The van der Waals surface area contributed by atoms with Gasteiger partial charge < -0.3 is 4.74 Å². The predicted octanol–water partition coefficient (Wildman–Crippen LogP) is 2.97. The van der Waals surface area contributed by atoms with Gasteiger partial charge in [0.05, 0.1) is 11.5 Å². The summed E-state index contributed by atoms with van der Waals surface area (Å²) in [6.07, 6.45) is 1.36. The lowest BCUT2D eigenvalue weighted by molar-refractivity contribution is -0.137. The van der Waals surface area contributed by atoms with Crippen LogP contribution in [-0.2, 0) is 9.53 Å². The van der Waals surface area contributed by atoms with Crippen LogP contribution in [0.15, 0.2) is 23.1 Å². The summed E-state index contributed by atoms with van der Waals surface area (Å²) in [4.78, 5) is 11.3. The van der Waals surface area contributed by atoms with Crippen molar-refractivity contribution in [3.8, 4) is 0 Å². The fraction of sp³-hybridized carbons (Fsp3) is 0.250. The Hall–Kier alpha value is -1.29. The van der Waals surface area contributed by atoms with Gasteiger partial charge in [0.25, 0.3) is 0 Å². The number of aryl methyl sites for hydroxylation is 1. The van der Waals surface area contributed by atoms with E-state index in [0.29, 0.717) is 11.1 Å². The molecule has 0 fully saturated rings. The molecule has 1 aromatic carbocycles. The number of carbonyl (C=O) groups is 1. The van der Waals surface area contributed by atoms with Gasteiger partial charge >= 0.3 is 5.97 Å². The summed E-state index contributed by atoms with van der Waals surface area (Å²) in [5.41, 5.74) is 0.858. The number of esters is 1. The van der Waals surface area contributed by atoms with E-state index in [1.54, 1.807) is 32.0 Å². The number of hydrogen-bond donors (Lipinski definition) is 1. The van der Waals surface area contributed by atoms with Crippen molar-refractivity contribution in [1.82, 2.24) is 0 Å². The van der Waals surface area contributed by atoms with Crippen LogP contribution in [-0.4, -0.2) is 12.6 Å². The Morgan fingerprint density at radius 1 is 1.56 bits per heavy atom. The van der Waals surface area contributed by atoms with E-state index in [0.717, 1.165) is 0 Å². The number of ether oxygens (including phenoxy) is 1. The van der Waals surface area contributed by atoms with Crippen LogP contribution in [0.3, 0.4) is 0 Å². The van der Waals surface area contributed by atoms with Gasteiger partial charge in [-0.25, -0.2) is 9.18 Å². The first-order valence-corrected chi connectivity index (χ1v) is 5.34. The van der Waals surface area contributed by atoms with Gasteiger partial charge in [-0.15, -0.1) is 12.6 Å². The number of carbonyl (C=O) groups excluding carboxylic acids is 1. The summed E-state index contributed by atoms with van der Waals surface area (Å²) in [6, 6.07) is 4.96. The van der Waals surface area contributed by atoms with E-state index >= 15 is 0 Å². The minimum atomic E-state index is -0.549. The molecule has 0 unspecified atom stereocenters. The minimum absolute atomic E-state index is 0.0892. The zero-order chi connectivity index (χ0) is 12.1. The third-order valence-electron chi connectivity index (χ3n) is 2.00. The Morgan fingerprint density at radius 3 is 2.88 bits per heavy atom. The lowest BCUT2D eigenvalue weighted by Crippen LogP contribution is -2.03. The van der Waals surface area contributed by atoms with E-state index in [1.807, 2.05) is 0 Å². The molecule has 0 amide bonds. The van der Waals surface area contributed by atoms with Crippen molar-refractivity contribution >= 4 is 24.7 Å². The van der Waals surface area contributed by atoms with Gasteiger partial charge in [-0.05, 0) is 25.5 Å². The van der Waals surface area contributed by atoms with Crippen LogP contribution in [0.25, 0.3) is 6.08 Å². The summed E-state index contributed by atoms with van der Waals surface area (Å²) in [5, 5.41) is 0. The van der Waals surface area contributed by atoms with Gasteiger partial charge in [0.15, 0.2) is 0 Å². The highest BCUT2D eigenvalue weighted by Gasteiger charge is 2.08. The maximum absolute atomic E-state index is 13.6. The standard InChI is InChI=1S/C12H13FO2S/c1-3-15-12(14)10(16)7-9-6-4-5-8(2)11(9)13/h4-7,16H,3H2,1-2H3. The molecule has 0 spiro atoms. The molecular formula is C12H13FO2S. The molecule has 0 radical (unpaired) electrons. The second kappa shape index (κ2) is 5.70. The molecule has 0 aliphatic carbocycles. The molecule has 0 aliphatic rings. The first kappa shape index (κ1) is 12.8. The Labute approximate surface area is 99.5 Å². The van der Waals surface area contributed by atoms with Gasteiger partial charge in [-0.3, -0.25) is 0 Å². The SMILES string of the molecule is CCOC(=O)C(S)=Cc1cccc(C)c1F. The molecule has 0 saturated carbocycles. The highest BCUT2D eigenvalue weighted by Crippen LogP contribution is 2.17. The molecule has 0 aromatic heterocycles. The van der Waals surface area contributed by atoms with Crippen molar-refractivity contribution in [2.24, 2.45) is 0 Å². The van der Waals surface area contributed by atoms with E-state index in [4.69, 9.17) is 4.74 Å². The molecule has 0 saturated heterocycles. The number of halogens is 1. The summed E-state index contributed by atoms with van der Waals surface area (Å²) < 4.78 is 18.3. The van der Waals surface area contributed by atoms with Crippen LogP contribution in [0, 0.1) is 12.7 Å². The molecule has 0 N–H and O–H groups in total. The first-order valence-electron chi connectivity index (χ1n) is 4.89. The Morgan fingerprint density at radius 2 is 2.25 bits per heavy atom. The molecule has 1 rings (SSSR count). The maximum atomic E-state index is 13.6. The van der Waals surface area contributed by atoms with Gasteiger partial charge in [0, 0.05) is 5.56 Å². The Bertz CT molecular complexity index is 427. The van der Waals surface area contributed by atoms with Crippen LogP contribution in [0.4, 0.5) is 4.39 Å². The first-order chi connectivity index (χ1) is 7.56. The van der Waals surface area contributed by atoms with Crippen molar-refractivity contribution in [3.63, 3.8) is 0 Å². The van der Waals surface area contributed by atoms with Crippen LogP contribution >= 0.6 is 12.6 Å². The number of thiol groups is 1. The quantitative estimate of drug-likeness (QED) is 0.499. The fourth-order valence-electron chi connectivity index (χ4n) is 1.19. The Kier molecular flexibility index (Phi) is 4.55. The highest BCUT2D eigenvalue weighted by molar-refractivity contribution is 7.85. The van der Waals surface area contributed by atoms with Gasteiger partial charge in [-0.2, -0.15) is 0 Å². The monoisotopic (exact) mass is 240 g/mol. The summed E-state index contributed by atoms with van der Waals surface area (Å²) in [7, 11) is 0. The average Bonchev–Trinajstić information content (AvgIpc) is 2.25. The zero-order valence-electron chi connectivity index (χ0n) is 9.16. The maximum Gasteiger partial charge on any atom is 0.344 e. The van der Waals surface area contributed by atoms with Gasteiger partial charge in [-0.1, -0.05) is 18.2 Å². The largest absolute Gasteiger partial charge is 0.462 e. The van der Waals surface area contributed by atoms with Gasteiger partial charge in [0.2, 0.25) is 0 Å². The minimum Gasteiger partial charge on any atom is -0.462 e. The fourth-order valence-corrected chi connectivity index (χ4v) is 1.40. The molecule has 0 atom stereocenters. The van der Waals surface area contributed by atoms with E-state index in [-0.39, 0.29) is 17.3 Å². The summed E-state index contributed by atoms with van der Waals surface area (Å²) >= 11 is 3.97. The van der Waals surface area contributed by atoms with Crippen LogP contribution in [0.1, 0.15) is 18.1 Å². The molecule has 0 bridgehead atoms. The molecular weight excluding hydrogens is 227 g/mol. The van der Waals surface area contributed by atoms with E-state index in [2.05, 4.69) is 12.6 Å². The third-order valence-corrected chi connectivity index (χ3v) is 2.31. The second-order valence-electron chi connectivity index (χ2n) is 3.23. The average molecular weight is 240 g/mol.